The van der Waals surface area contributed by atoms with E-state index in [1.165, 1.54) is 0 Å². The second-order valence-corrected chi connectivity index (χ2v) is 6.56. The molecule has 0 heterocycles. The lowest BCUT2D eigenvalue weighted by atomic mass is 9.85. The third kappa shape index (κ3) is 9.06. The van der Waals surface area contributed by atoms with Gasteiger partial charge in [-0.05, 0) is 12.8 Å². The van der Waals surface area contributed by atoms with Crippen molar-refractivity contribution in [1.82, 2.24) is 0 Å². The van der Waals surface area contributed by atoms with Crippen LogP contribution in [0.25, 0.3) is 0 Å². The molecule has 0 aliphatic rings. The molecule has 6 nitrogen and oxygen atoms in total. The number of aliphatic hydroxyl groups excluding tert-OH is 1. The number of phosphoric acid groups is 1. The zero-order valence-corrected chi connectivity index (χ0v) is 13.4. The monoisotopic (exact) mass is 312 g/mol. The van der Waals surface area contributed by atoms with Crippen molar-refractivity contribution in [3.05, 3.63) is 0 Å². The van der Waals surface area contributed by atoms with Gasteiger partial charge in [0.25, 0.3) is 0 Å². The van der Waals surface area contributed by atoms with Crippen LogP contribution in [0.2, 0.25) is 0 Å². The molecule has 0 amide bonds. The van der Waals surface area contributed by atoms with Gasteiger partial charge in [-0.1, -0.05) is 52.4 Å². The molecule has 0 radical (unpaired) electrons. The van der Waals surface area contributed by atoms with Gasteiger partial charge in [0.15, 0.2) is 0 Å². The third-order valence-electron chi connectivity index (χ3n) is 3.45. The first-order valence-corrected chi connectivity index (χ1v) is 8.88. The molecule has 0 aliphatic heterocycles. The largest absolute Gasteiger partial charge is 0.469 e. The van der Waals surface area contributed by atoms with Gasteiger partial charge < -0.3 is 20.0 Å². The predicted molar refractivity (Wildman–Crippen MR) is 77.2 cm³/mol. The number of phosphoric ester groups is 1. The lowest BCUT2D eigenvalue weighted by Crippen LogP contribution is -2.45. The average Bonchev–Trinajstić information content (AvgIpc) is 2.35. The summed E-state index contributed by atoms with van der Waals surface area (Å²) in [6.07, 6.45) is 4.97. The van der Waals surface area contributed by atoms with Crippen molar-refractivity contribution in [2.75, 3.05) is 6.61 Å². The molecule has 0 aromatic heterocycles. The maximum Gasteiger partial charge on any atom is 0.469 e. The Balaban J connectivity index is 4.49. The molecular weight excluding hydrogens is 283 g/mol. The summed E-state index contributed by atoms with van der Waals surface area (Å²) in [7, 11) is -4.62. The predicted octanol–water partition coefficient (Wildman–Crippen LogP) is 2.35. The molecule has 0 rings (SSSR count). The van der Waals surface area contributed by atoms with Gasteiger partial charge in [0.1, 0.15) is 6.10 Å². The maximum atomic E-state index is 10.7. The van der Waals surface area contributed by atoms with Crippen LogP contribution in [0.3, 0.4) is 0 Å². The van der Waals surface area contributed by atoms with Gasteiger partial charge >= 0.3 is 7.82 Å². The van der Waals surface area contributed by atoms with Crippen molar-refractivity contribution >= 4 is 7.82 Å². The molecule has 1 unspecified atom stereocenters. The summed E-state index contributed by atoms with van der Waals surface area (Å²) in [6, 6.07) is 0. The van der Waals surface area contributed by atoms with E-state index < -0.39 is 26.1 Å². The highest BCUT2D eigenvalue weighted by atomic mass is 31.2. The van der Waals surface area contributed by atoms with Crippen molar-refractivity contribution in [1.29, 1.82) is 0 Å². The van der Waals surface area contributed by atoms with Crippen LogP contribution in [0, 0.1) is 0 Å². The Labute approximate surface area is 121 Å². The first-order chi connectivity index (χ1) is 9.25. The molecule has 122 valence electrons. The highest BCUT2D eigenvalue weighted by Crippen LogP contribution is 2.37. The van der Waals surface area contributed by atoms with E-state index in [9.17, 15) is 14.8 Å². The van der Waals surface area contributed by atoms with E-state index >= 15 is 0 Å². The quantitative estimate of drug-likeness (QED) is 0.325. The first-order valence-electron chi connectivity index (χ1n) is 7.35. The van der Waals surface area contributed by atoms with Crippen molar-refractivity contribution in [3.63, 3.8) is 0 Å². The zero-order chi connectivity index (χ0) is 15.6. The number of hydrogen-bond acceptors (Lipinski definition) is 4. The van der Waals surface area contributed by atoms with Gasteiger partial charge in [0.05, 0.1) is 12.2 Å². The van der Waals surface area contributed by atoms with Crippen LogP contribution in [0.15, 0.2) is 0 Å². The minimum absolute atomic E-state index is 0.413. The first kappa shape index (κ1) is 20.0. The third-order valence-corrected chi connectivity index (χ3v) is 3.93. The van der Waals surface area contributed by atoms with E-state index in [0.717, 1.165) is 38.5 Å². The fourth-order valence-electron chi connectivity index (χ4n) is 2.14. The molecule has 4 N–H and O–H groups in total. The van der Waals surface area contributed by atoms with Gasteiger partial charge in [-0.15, -0.1) is 0 Å². The number of hydrogen-bond donors (Lipinski definition) is 4. The molecular formula is C13H29O6P. The lowest BCUT2D eigenvalue weighted by molar-refractivity contribution is -0.105. The molecule has 0 aromatic rings. The topological polar surface area (TPSA) is 107 Å². The summed E-state index contributed by atoms with van der Waals surface area (Å²) in [5.74, 6) is 0. The van der Waals surface area contributed by atoms with Crippen LogP contribution in [-0.4, -0.2) is 38.3 Å². The second kappa shape index (κ2) is 9.87. The molecule has 1 atom stereocenters. The Hall–Kier alpha value is 0.0300. The average molecular weight is 312 g/mol. The summed E-state index contributed by atoms with van der Waals surface area (Å²) < 4.78 is 15.0. The van der Waals surface area contributed by atoms with Gasteiger partial charge in [-0.3, -0.25) is 4.52 Å². The lowest BCUT2D eigenvalue weighted by Gasteiger charge is -2.33. The van der Waals surface area contributed by atoms with Gasteiger partial charge in [0, 0.05) is 0 Å². The van der Waals surface area contributed by atoms with E-state index in [0.29, 0.717) is 12.8 Å². The van der Waals surface area contributed by atoms with Crippen LogP contribution < -0.4 is 0 Å². The van der Waals surface area contributed by atoms with Gasteiger partial charge in [-0.25, -0.2) is 4.57 Å². The zero-order valence-electron chi connectivity index (χ0n) is 12.5. The van der Waals surface area contributed by atoms with E-state index in [4.69, 9.17) is 9.79 Å². The minimum Gasteiger partial charge on any atom is -0.388 e. The van der Waals surface area contributed by atoms with Crippen LogP contribution in [-0.2, 0) is 9.09 Å². The molecule has 0 aliphatic carbocycles. The Morgan fingerprint density at radius 3 is 1.85 bits per heavy atom. The summed E-state index contributed by atoms with van der Waals surface area (Å²) in [4.78, 5) is 17.3. The van der Waals surface area contributed by atoms with Crippen LogP contribution in [0.1, 0.15) is 65.2 Å². The van der Waals surface area contributed by atoms with Gasteiger partial charge in [-0.2, -0.15) is 0 Å². The summed E-state index contributed by atoms with van der Waals surface area (Å²) in [5.41, 5.74) is -1.33. The van der Waals surface area contributed by atoms with E-state index in [1.54, 1.807) is 0 Å². The van der Waals surface area contributed by atoms with E-state index in [1.807, 2.05) is 13.8 Å². The molecule has 0 bridgehead atoms. The van der Waals surface area contributed by atoms with Gasteiger partial charge in [0.2, 0.25) is 0 Å². The molecule has 7 heteroatoms. The van der Waals surface area contributed by atoms with E-state index in [-0.39, 0.29) is 0 Å². The number of aliphatic hydroxyl groups is 2. The summed E-state index contributed by atoms with van der Waals surface area (Å²) in [6.45, 7) is 3.53. The number of rotatable bonds is 12. The molecule has 0 aromatic carbocycles. The molecule has 0 saturated carbocycles. The van der Waals surface area contributed by atoms with Crippen LogP contribution in [0.5, 0.6) is 0 Å². The Bertz CT molecular complexity index is 281. The standard InChI is InChI=1S/C13H29O6P/c1-3-5-7-9-13(15,10-8-6-4-2)12(14)11-19-20(16,17)18/h12,14-15H,3-11H2,1-2H3,(H2,16,17,18). The highest BCUT2D eigenvalue weighted by molar-refractivity contribution is 7.46. The molecule has 20 heavy (non-hydrogen) atoms. The Morgan fingerprint density at radius 2 is 1.50 bits per heavy atom. The summed E-state index contributed by atoms with van der Waals surface area (Å²) in [5, 5.41) is 20.6. The highest BCUT2D eigenvalue weighted by Gasteiger charge is 2.36. The molecule has 0 fully saturated rings. The van der Waals surface area contributed by atoms with Crippen molar-refractivity contribution in [2.45, 2.75) is 76.9 Å². The van der Waals surface area contributed by atoms with Crippen molar-refractivity contribution in [3.8, 4) is 0 Å². The summed E-state index contributed by atoms with van der Waals surface area (Å²) >= 11 is 0. The normalized spacial score (nSPS) is 14.5. The van der Waals surface area contributed by atoms with Crippen molar-refractivity contribution in [2.24, 2.45) is 0 Å². The number of unbranched alkanes of at least 4 members (excludes halogenated alkanes) is 4. The Kier molecular flexibility index (Phi) is 9.89. The fraction of sp³-hybridized carbons (Fsp3) is 1.00. The Morgan fingerprint density at radius 1 is 1.05 bits per heavy atom. The maximum absolute atomic E-state index is 10.7. The van der Waals surface area contributed by atoms with Crippen molar-refractivity contribution < 1.29 is 29.1 Å². The molecule has 0 saturated heterocycles. The molecule has 0 spiro atoms. The van der Waals surface area contributed by atoms with Crippen LogP contribution >= 0.6 is 7.82 Å². The minimum atomic E-state index is -4.62. The van der Waals surface area contributed by atoms with E-state index in [2.05, 4.69) is 4.52 Å². The SMILES string of the molecule is CCCCCC(O)(CCCCC)C(O)COP(=O)(O)O. The smallest absolute Gasteiger partial charge is 0.388 e. The van der Waals surface area contributed by atoms with Crippen LogP contribution in [0.4, 0.5) is 0 Å². The fourth-order valence-corrected chi connectivity index (χ4v) is 2.48. The second-order valence-electron chi connectivity index (χ2n) is 5.32.